The lowest BCUT2D eigenvalue weighted by molar-refractivity contribution is -0.131. The molecule has 1 atom stereocenters. The van der Waals surface area contributed by atoms with Crippen molar-refractivity contribution in [2.75, 3.05) is 0 Å². The zero-order chi connectivity index (χ0) is 21.1. The molecule has 1 aliphatic carbocycles. The first-order chi connectivity index (χ1) is 12.9. The number of carboxylic acids is 1. The third-order valence-corrected chi connectivity index (χ3v) is 5.48. The van der Waals surface area contributed by atoms with Crippen LogP contribution in [0.1, 0.15) is 32.8 Å². The van der Waals surface area contributed by atoms with Crippen LogP contribution in [0.15, 0.2) is 59.7 Å². The maximum Gasteiger partial charge on any atom is 0.328 e. The number of allylic oxidation sites excluding steroid dienone is 3. The Morgan fingerprint density at radius 1 is 1.18 bits per heavy atom. The molecule has 2 N–H and O–H groups in total. The summed E-state index contributed by atoms with van der Waals surface area (Å²) in [6.07, 6.45) is 9.13. The van der Waals surface area contributed by atoms with Gasteiger partial charge in [0.15, 0.2) is 5.78 Å². The number of halogens is 2. The Morgan fingerprint density at radius 2 is 1.86 bits per heavy atom. The summed E-state index contributed by atoms with van der Waals surface area (Å²) in [4.78, 5) is 23.0. The molecule has 1 aromatic carbocycles. The maximum absolute atomic E-state index is 12.2. The first-order valence-electron chi connectivity index (χ1n) is 8.65. The summed E-state index contributed by atoms with van der Waals surface area (Å²) in [5, 5.41) is 21.2. The minimum atomic E-state index is -1.46. The predicted octanol–water partition coefficient (Wildman–Crippen LogP) is 5.25. The van der Waals surface area contributed by atoms with E-state index in [1.165, 1.54) is 6.08 Å². The maximum atomic E-state index is 12.2. The summed E-state index contributed by atoms with van der Waals surface area (Å²) in [7, 11) is 0. The fourth-order valence-corrected chi connectivity index (χ4v) is 3.40. The largest absolute Gasteiger partial charge is 0.478 e. The number of rotatable bonds is 5. The second-order valence-corrected chi connectivity index (χ2v) is 8.27. The summed E-state index contributed by atoms with van der Waals surface area (Å²) in [6, 6.07) is 5.13. The molecular weight excluding hydrogens is 399 g/mol. The molecule has 0 aromatic heterocycles. The molecule has 0 unspecified atom stereocenters. The van der Waals surface area contributed by atoms with Crippen LogP contribution in [0.3, 0.4) is 0 Å². The average molecular weight is 421 g/mol. The van der Waals surface area contributed by atoms with Crippen LogP contribution in [0.4, 0.5) is 0 Å². The van der Waals surface area contributed by atoms with Crippen LogP contribution in [-0.2, 0) is 9.59 Å². The van der Waals surface area contributed by atoms with Gasteiger partial charge in [0.05, 0.1) is 10.0 Å². The molecule has 0 saturated heterocycles. The minimum absolute atomic E-state index is 0.0883. The van der Waals surface area contributed by atoms with Crippen LogP contribution in [0.5, 0.6) is 0 Å². The van der Waals surface area contributed by atoms with Crippen molar-refractivity contribution in [3.8, 4) is 0 Å². The Kier molecular flexibility index (Phi) is 6.71. The SMILES string of the molecule is CC(=C/C(=O)O)/C=C/[C@@]1(O)C(/C=C/c2ccc(Cl)c(Cl)c2)=CC(=O)CC1(C)C. The number of carbonyl (C=O) groups excluding carboxylic acids is 1. The molecule has 148 valence electrons. The van der Waals surface area contributed by atoms with E-state index in [9.17, 15) is 14.7 Å². The Balaban J connectivity index is 2.46. The van der Waals surface area contributed by atoms with Crippen LogP contribution < -0.4 is 0 Å². The van der Waals surface area contributed by atoms with Gasteiger partial charge in [-0.3, -0.25) is 4.79 Å². The van der Waals surface area contributed by atoms with Crippen molar-refractivity contribution < 1.29 is 19.8 Å². The van der Waals surface area contributed by atoms with Crippen molar-refractivity contribution in [1.82, 2.24) is 0 Å². The van der Waals surface area contributed by atoms with Gasteiger partial charge in [0, 0.05) is 17.9 Å². The monoisotopic (exact) mass is 420 g/mol. The Bertz CT molecular complexity index is 922. The molecule has 0 aliphatic heterocycles. The van der Waals surface area contributed by atoms with Gasteiger partial charge in [-0.25, -0.2) is 4.79 Å². The van der Waals surface area contributed by atoms with Crippen molar-refractivity contribution in [3.63, 3.8) is 0 Å². The topological polar surface area (TPSA) is 74.6 Å². The molecule has 4 nitrogen and oxygen atoms in total. The normalized spacial score (nSPS) is 22.7. The van der Waals surface area contributed by atoms with Crippen LogP contribution in [0, 0.1) is 5.41 Å². The van der Waals surface area contributed by atoms with Crippen LogP contribution in [0.2, 0.25) is 10.0 Å². The van der Waals surface area contributed by atoms with E-state index in [-0.39, 0.29) is 12.2 Å². The highest BCUT2D eigenvalue weighted by Crippen LogP contribution is 2.45. The van der Waals surface area contributed by atoms with E-state index in [0.29, 0.717) is 21.2 Å². The number of carboxylic acid groups (broad SMARTS) is 1. The highest BCUT2D eigenvalue weighted by molar-refractivity contribution is 6.42. The third kappa shape index (κ3) is 5.02. The quantitative estimate of drug-likeness (QED) is 0.503. The van der Waals surface area contributed by atoms with E-state index in [2.05, 4.69) is 0 Å². The Hall–Kier alpha value is -2.14. The second kappa shape index (κ2) is 8.48. The lowest BCUT2D eigenvalue weighted by Gasteiger charge is -2.44. The molecule has 1 aromatic rings. The first kappa shape index (κ1) is 22.2. The molecule has 0 fully saturated rings. The number of ketones is 1. The number of aliphatic carboxylic acids is 1. The van der Waals surface area contributed by atoms with Gasteiger partial charge in [-0.2, -0.15) is 0 Å². The zero-order valence-electron chi connectivity index (χ0n) is 15.9. The van der Waals surface area contributed by atoms with Gasteiger partial charge >= 0.3 is 5.97 Å². The summed E-state index contributed by atoms with van der Waals surface area (Å²) < 4.78 is 0. The number of hydrogen-bond acceptors (Lipinski definition) is 3. The predicted molar refractivity (Wildman–Crippen MR) is 112 cm³/mol. The van der Waals surface area contributed by atoms with Crippen LogP contribution in [-0.4, -0.2) is 27.6 Å². The average Bonchev–Trinajstić information content (AvgIpc) is 2.57. The smallest absolute Gasteiger partial charge is 0.328 e. The fourth-order valence-electron chi connectivity index (χ4n) is 3.09. The van der Waals surface area contributed by atoms with Crippen molar-refractivity contribution in [2.45, 2.75) is 32.8 Å². The molecule has 28 heavy (non-hydrogen) atoms. The fraction of sp³-hybridized carbons (Fsp3) is 0.273. The number of carbonyl (C=O) groups is 2. The number of benzene rings is 1. The standard InChI is InChI=1S/C22H22Cl2O4/c1-14(10-20(26)27)8-9-22(28)16(12-17(25)13-21(22,2)3)6-4-15-5-7-18(23)19(24)11-15/h4-12,28H,13H2,1-3H3,(H,26,27)/b6-4+,9-8+,14-10-/t22-/m1/s1. The van der Waals surface area contributed by atoms with E-state index in [1.807, 2.05) is 0 Å². The Morgan fingerprint density at radius 3 is 2.46 bits per heavy atom. The second-order valence-electron chi connectivity index (χ2n) is 7.46. The molecule has 0 bridgehead atoms. The molecular formula is C22H22Cl2O4. The minimum Gasteiger partial charge on any atom is -0.478 e. The van der Waals surface area contributed by atoms with Gasteiger partial charge in [-0.05, 0) is 47.9 Å². The highest BCUT2D eigenvalue weighted by Gasteiger charge is 2.47. The molecule has 0 saturated carbocycles. The zero-order valence-corrected chi connectivity index (χ0v) is 17.4. The lowest BCUT2D eigenvalue weighted by atomic mass is 9.64. The van der Waals surface area contributed by atoms with Crippen molar-refractivity contribution in [1.29, 1.82) is 0 Å². The van der Waals surface area contributed by atoms with Gasteiger partial charge in [-0.1, -0.05) is 61.3 Å². The van der Waals surface area contributed by atoms with Gasteiger partial charge < -0.3 is 10.2 Å². The molecule has 0 heterocycles. The van der Waals surface area contributed by atoms with Crippen molar-refractivity contribution >= 4 is 41.0 Å². The van der Waals surface area contributed by atoms with E-state index in [0.717, 1.165) is 11.6 Å². The van der Waals surface area contributed by atoms with E-state index in [1.54, 1.807) is 63.3 Å². The van der Waals surface area contributed by atoms with E-state index in [4.69, 9.17) is 28.3 Å². The summed E-state index contributed by atoms with van der Waals surface area (Å²) in [6.45, 7) is 5.22. The first-order valence-corrected chi connectivity index (χ1v) is 9.41. The Labute approximate surface area is 174 Å². The molecule has 2 rings (SSSR count). The summed E-state index contributed by atoms with van der Waals surface area (Å²) >= 11 is 12.0. The van der Waals surface area contributed by atoms with Crippen molar-refractivity contribution in [2.24, 2.45) is 5.41 Å². The van der Waals surface area contributed by atoms with Gasteiger partial charge in [0.25, 0.3) is 0 Å². The van der Waals surface area contributed by atoms with Crippen molar-refractivity contribution in [3.05, 3.63) is 75.3 Å². The molecule has 0 radical (unpaired) electrons. The van der Waals surface area contributed by atoms with E-state index >= 15 is 0 Å². The number of hydrogen-bond donors (Lipinski definition) is 2. The molecule has 6 heteroatoms. The molecule has 0 amide bonds. The van der Waals surface area contributed by atoms with E-state index < -0.39 is 17.0 Å². The van der Waals surface area contributed by atoms with Gasteiger partial charge in [-0.15, -0.1) is 0 Å². The van der Waals surface area contributed by atoms with Crippen LogP contribution in [0.25, 0.3) is 6.08 Å². The summed E-state index contributed by atoms with van der Waals surface area (Å²) in [5.74, 6) is -1.16. The number of aliphatic hydroxyl groups is 1. The van der Waals surface area contributed by atoms with Crippen LogP contribution >= 0.6 is 23.2 Å². The highest BCUT2D eigenvalue weighted by atomic mass is 35.5. The van der Waals surface area contributed by atoms with Gasteiger partial charge in [0.2, 0.25) is 0 Å². The lowest BCUT2D eigenvalue weighted by Crippen LogP contribution is -2.48. The molecule has 1 aliphatic rings. The molecule has 0 spiro atoms. The van der Waals surface area contributed by atoms with Gasteiger partial charge in [0.1, 0.15) is 5.60 Å². The third-order valence-electron chi connectivity index (χ3n) is 4.74. The summed E-state index contributed by atoms with van der Waals surface area (Å²) in [5.41, 5.74) is -0.586.